The number of hydrogen-bond acceptors (Lipinski definition) is 2. The molecule has 2 atom stereocenters. The third-order valence-electron chi connectivity index (χ3n) is 3.93. The first-order valence-corrected chi connectivity index (χ1v) is 6.60. The van der Waals surface area contributed by atoms with Crippen LogP contribution in [-0.4, -0.2) is 6.54 Å². The van der Waals surface area contributed by atoms with E-state index in [1.54, 1.807) is 12.1 Å². The molecule has 0 amide bonds. The molecular formula is C15H19FN2. The zero-order valence-corrected chi connectivity index (χ0v) is 10.7. The van der Waals surface area contributed by atoms with Crippen LogP contribution in [0.3, 0.4) is 0 Å². The van der Waals surface area contributed by atoms with Gasteiger partial charge in [-0.3, -0.25) is 0 Å². The van der Waals surface area contributed by atoms with E-state index in [4.69, 9.17) is 5.26 Å². The second kappa shape index (κ2) is 5.97. The molecule has 1 aliphatic rings. The Labute approximate surface area is 108 Å². The van der Waals surface area contributed by atoms with E-state index in [9.17, 15) is 4.39 Å². The van der Waals surface area contributed by atoms with Crippen LogP contribution < -0.4 is 5.32 Å². The van der Waals surface area contributed by atoms with Crippen LogP contribution in [0.5, 0.6) is 0 Å². The molecule has 0 aliphatic heterocycles. The van der Waals surface area contributed by atoms with Gasteiger partial charge in [0.05, 0.1) is 5.56 Å². The molecule has 0 bridgehead atoms. The van der Waals surface area contributed by atoms with Gasteiger partial charge in [-0.15, -0.1) is 0 Å². The van der Waals surface area contributed by atoms with Crippen molar-refractivity contribution in [2.75, 3.05) is 6.54 Å². The molecule has 2 unspecified atom stereocenters. The maximum Gasteiger partial charge on any atom is 0.140 e. The van der Waals surface area contributed by atoms with Gasteiger partial charge in [-0.2, -0.15) is 5.26 Å². The Hall–Kier alpha value is -1.40. The minimum atomic E-state index is -0.439. The van der Waals surface area contributed by atoms with Gasteiger partial charge in [-0.05, 0) is 42.5 Å². The van der Waals surface area contributed by atoms with E-state index in [0.29, 0.717) is 6.54 Å². The van der Waals surface area contributed by atoms with Crippen LogP contribution in [0.2, 0.25) is 0 Å². The molecule has 1 aliphatic carbocycles. The van der Waals surface area contributed by atoms with Gasteiger partial charge < -0.3 is 5.32 Å². The average molecular weight is 246 g/mol. The smallest absolute Gasteiger partial charge is 0.140 e. The van der Waals surface area contributed by atoms with Gasteiger partial charge >= 0.3 is 0 Å². The van der Waals surface area contributed by atoms with Crippen molar-refractivity contribution in [2.24, 2.45) is 11.8 Å². The third-order valence-corrected chi connectivity index (χ3v) is 3.93. The van der Waals surface area contributed by atoms with E-state index in [0.717, 1.165) is 23.9 Å². The average Bonchev–Trinajstić information content (AvgIpc) is 2.77. The van der Waals surface area contributed by atoms with Crippen molar-refractivity contribution in [3.05, 3.63) is 35.1 Å². The number of hydrogen-bond donors (Lipinski definition) is 1. The molecule has 3 heteroatoms. The molecule has 1 saturated carbocycles. The fourth-order valence-electron chi connectivity index (χ4n) is 2.70. The molecular weight excluding hydrogens is 227 g/mol. The van der Waals surface area contributed by atoms with Gasteiger partial charge in [0.15, 0.2) is 0 Å². The van der Waals surface area contributed by atoms with Crippen molar-refractivity contribution in [3.63, 3.8) is 0 Å². The fourth-order valence-corrected chi connectivity index (χ4v) is 2.70. The zero-order chi connectivity index (χ0) is 13.0. The first kappa shape index (κ1) is 13.0. The van der Waals surface area contributed by atoms with Crippen molar-refractivity contribution in [1.29, 1.82) is 5.26 Å². The first-order chi connectivity index (χ1) is 8.70. The second-order valence-corrected chi connectivity index (χ2v) is 5.23. The lowest BCUT2D eigenvalue weighted by Crippen LogP contribution is -2.24. The van der Waals surface area contributed by atoms with Crippen LogP contribution in [0.25, 0.3) is 0 Å². The van der Waals surface area contributed by atoms with Crippen molar-refractivity contribution < 1.29 is 4.39 Å². The third kappa shape index (κ3) is 3.08. The summed E-state index contributed by atoms with van der Waals surface area (Å²) < 4.78 is 13.1. The first-order valence-electron chi connectivity index (χ1n) is 6.60. The summed E-state index contributed by atoms with van der Waals surface area (Å²) in [6.07, 6.45) is 3.98. The summed E-state index contributed by atoms with van der Waals surface area (Å²) in [6.45, 7) is 4.03. The van der Waals surface area contributed by atoms with Crippen LogP contribution in [0.1, 0.15) is 37.3 Å². The molecule has 2 rings (SSSR count). The molecule has 1 N–H and O–H groups in total. The van der Waals surface area contributed by atoms with Crippen molar-refractivity contribution in [2.45, 2.75) is 32.7 Å². The Morgan fingerprint density at radius 1 is 1.44 bits per heavy atom. The largest absolute Gasteiger partial charge is 0.312 e. The highest BCUT2D eigenvalue weighted by Crippen LogP contribution is 2.30. The SMILES string of the molecule is CC1CCCC1CNCc1ccc(F)c(C#N)c1. The van der Waals surface area contributed by atoms with Gasteiger partial charge in [0.2, 0.25) is 0 Å². The van der Waals surface area contributed by atoms with Gasteiger partial charge in [0.1, 0.15) is 11.9 Å². The van der Waals surface area contributed by atoms with Crippen LogP contribution in [0.4, 0.5) is 4.39 Å². The number of nitrogens with zero attached hydrogens (tertiary/aromatic N) is 1. The van der Waals surface area contributed by atoms with Gasteiger partial charge in [-0.1, -0.05) is 25.8 Å². The summed E-state index contributed by atoms with van der Waals surface area (Å²) in [5, 5.41) is 12.2. The quantitative estimate of drug-likeness (QED) is 0.885. The summed E-state index contributed by atoms with van der Waals surface area (Å²) in [5.41, 5.74) is 1.10. The predicted octanol–water partition coefficient (Wildman–Crippen LogP) is 3.22. The molecule has 0 spiro atoms. The molecule has 1 fully saturated rings. The lowest BCUT2D eigenvalue weighted by Gasteiger charge is -2.16. The van der Waals surface area contributed by atoms with Crippen molar-refractivity contribution in [3.8, 4) is 6.07 Å². The van der Waals surface area contributed by atoms with Crippen LogP contribution in [-0.2, 0) is 6.54 Å². The highest BCUT2D eigenvalue weighted by Gasteiger charge is 2.22. The Morgan fingerprint density at radius 3 is 2.94 bits per heavy atom. The molecule has 0 aromatic heterocycles. The van der Waals surface area contributed by atoms with E-state index in [1.165, 1.54) is 25.3 Å². The minimum absolute atomic E-state index is 0.128. The predicted molar refractivity (Wildman–Crippen MR) is 69.3 cm³/mol. The molecule has 0 radical (unpaired) electrons. The lowest BCUT2D eigenvalue weighted by molar-refractivity contribution is 0.392. The fraction of sp³-hybridized carbons (Fsp3) is 0.533. The normalized spacial score (nSPS) is 22.9. The maximum atomic E-state index is 13.1. The molecule has 1 aromatic carbocycles. The van der Waals surface area contributed by atoms with Crippen LogP contribution in [0, 0.1) is 29.0 Å². The van der Waals surface area contributed by atoms with Crippen LogP contribution >= 0.6 is 0 Å². The Morgan fingerprint density at radius 2 is 2.28 bits per heavy atom. The number of rotatable bonds is 4. The van der Waals surface area contributed by atoms with Crippen LogP contribution in [0.15, 0.2) is 18.2 Å². The molecule has 2 nitrogen and oxygen atoms in total. The summed E-state index contributed by atoms with van der Waals surface area (Å²) in [5.74, 6) is 1.13. The number of nitriles is 1. The van der Waals surface area contributed by atoms with Gasteiger partial charge in [0.25, 0.3) is 0 Å². The van der Waals surface area contributed by atoms with E-state index in [1.807, 2.05) is 6.07 Å². The Kier molecular flexibility index (Phi) is 4.33. The highest BCUT2D eigenvalue weighted by atomic mass is 19.1. The van der Waals surface area contributed by atoms with E-state index in [-0.39, 0.29) is 5.56 Å². The zero-order valence-electron chi connectivity index (χ0n) is 10.7. The van der Waals surface area contributed by atoms with Gasteiger partial charge in [-0.25, -0.2) is 4.39 Å². The van der Waals surface area contributed by atoms with E-state index >= 15 is 0 Å². The van der Waals surface area contributed by atoms with Gasteiger partial charge in [0, 0.05) is 6.54 Å². The van der Waals surface area contributed by atoms with Crippen molar-refractivity contribution in [1.82, 2.24) is 5.32 Å². The number of halogens is 1. The standard InChI is InChI=1S/C15H19FN2/c1-11-3-2-4-13(11)10-18-9-12-5-6-15(16)14(7-12)8-17/h5-7,11,13,18H,2-4,9-10H2,1H3. The lowest BCUT2D eigenvalue weighted by atomic mass is 9.98. The summed E-state index contributed by atoms with van der Waals surface area (Å²) in [7, 11) is 0. The molecule has 18 heavy (non-hydrogen) atoms. The number of nitrogens with one attached hydrogen (secondary N) is 1. The van der Waals surface area contributed by atoms with E-state index in [2.05, 4.69) is 12.2 Å². The van der Waals surface area contributed by atoms with Crippen molar-refractivity contribution >= 4 is 0 Å². The van der Waals surface area contributed by atoms with E-state index < -0.39 is 5.82 Å². The number of benzene rings is 1. The Bertz CT molecular complexity index is 450. The topological polar surface area (TPSA) is 35.8 Å². The highest BCUT2D eigenvalue weighted by molar-refractivity contribution is 5.34. The molecule has 0 heterocycles. The summed E-state index contributed by atoms with van der Waals surface area (Å²) >= 11 is 0. The molecule has 96 valence electrons. The monoisotopic (exact) mass is 246 g/mol. The minimum Gasteiger partial charge on any atom is -0.312 e. The summed E-state index contributed by atoms with van der Waals surface area (Å²) in [4.78, 5) is 0. The summed E-state index contributed by atoms with van der Waals surface area (Å²) in [6, 6.07) is 6.60. The molecule has 1 aromatic rings. The molecule has 0 saturated heterocycles. The maximum absolute atomic E-state index is 13.1. The Balaban J connectivity index is 1.85. The second-order valence-electron chi connectivity index (χ2n) is 5.23.